The van der Waals surface area contributed by atoms with Crippen LogP contribution in [-0.4, -0.2) is 35.1 Å². The minimum absolute atomic E-state index is 0.172. The molecular formula is C23H26N2O6. The number of amides is 1. The fourth-order valence-corrected chi connectivity index (χ4v) is 4.32. The number of methoxy groups -OCH3 is 1. The van der Waals surface area contributed by atoms with Gasteiger partial charge in [0.1, 0.15) is 17.4 Å². The van der Waals surface area contributed by atoms with Gasteiger partial charge in [0.15, 0.2) is 0 Å². The average Bonchev–Trinajstić information content (AvgIpc) is 2.77. The summed E-state index contributed by atoms with van der Waals surface area (Å²) in [7, 11) is 1.51. The van der Waals surface area contributed by atoms with E-state index in [0.717, 1.165) is 19.3 Å². The number of benzene rings is 2. The Bertz CT molecular complexity index is 997. The molecule has 1 atom stereocenters. The molecule has 0 unspecified atom stereocenters. The van der Waals surface area contributed by atoms with E-state index >= 15 is 0 Å². The molecule has 31 heavy (non-hydrogen) atoms. The highest BCUT2D eigenvalue weighted by molar-refractivity contribution is 6.01. The predicted molar refractivity (Wildman–Crippen MR) is 115 cm³/mol. The number of aliphatic carboxylic acids is 1. The molecule has 0 aliphatic heterocycles. The smallest absolute Gasteiger partial charge is 0.326 e. The van der Waals surface area contributed by atoms with Crippen LogP contribution in [0.1, 0.15) is 49.4 Å². The van der Waals surface area contributed by atoms with Crippen LogP contribution >= 0.6 is 0 Å². The normalized spacial score (nSPS) is 16.2. The zero-order chi connectivity index (χ0) is 22.6. The van der Waals surface area contributed by atoms with Gasteiger partial charge in [0.05, 0.1) is 12.0 Å². The van der Waals surface area contributed by atoms with Crippen molar-refractivity contribution < 1.29 is 24.4 Å². The van der Waals surface area contributed by atoms with E-state index in [4.69, 9.17) is 4.74 Å². The van der Waals surface area contributed by atoms with Crippen LogP contribution in [0.5, 0.6) is 5.75 Å². The van der Waals surface area contributed by atoms with Gasteiger partial charge in [-0.25, -0.2) is 4.79 Å². The molecular weight excluding hydrogens is 400 g/mol. The standard InChI is InChI=1S/C23H26N2O6/c1-23(12-6-3-7-13-23)20(22(27)28)24-21(26)17-11-10-15(14-18(17)25(29)30)16-8-4-5-9-19(16)31-2/h4-5,8-11,14,20H,3,6-7,12-13H2,1-2H3,(H,24,26)(H,27,28)/t20-/m1/s1. The van der Waals surface area contributed by atoms with Crippen molar-refractivity contribution in [1.82, 2.24) is 5.32 Å². The number of carboxylic acid groups (broad SMARTS) is 1. The number of rotatable bonds is 7. The van der Waals surface area contributed by atoms with Crippen LogP contribution in [0.4, 0.5) is 5.69 Å². The second kappa shape index (κ2) is 9.16. The van der Waals surface area contributed by atoms with Crippen molar-refractivity contribution in [3.63, 3.8) is 0 Å². The highest BCUT2D eigenvalue weighted by Crippen LogP contribution is 2.39. The quantitative estimate of drug-likeness (QED) is 0.500. The van der Waals surface area contributed by atoms with Crippen LogP contribution < -0.4 is 10.1 Å². The lowest BCUT2D eigenvalue weighted by atomic mass is 9.70. The summed E-state index contributed by atoms with van der Waals surface area (Å²) in [5.41, 5.74) is 0.0207. The molecule has 2 aromatic rings. The van der Waals surface area contributed by atoms with Gasteiger partial charge in [-0.15, -0.1) is 0 Å². The second-order valence-electron chi connectivity index (χ2n) is 8.15. The predicted octanol–water partition coefficient (Wildman–Crippen LogP) is 4.42. The molecule has 0 saturated heterocycles. The van der Waals surface area contributed by atoms with Crippen molar-refractivity contribution >= 4 is 17.6 Å². The maximum absolute atomic E-state index is 12.9. The molecule has 164 valence electrons. The number of ether oxygens (including phenoxy) is 1. The lowest BCUT2D eigenvalue weighted by Crippen LogP contribution is -2.52. The van der Waals surface area contributed by atoms with Gasteiger partial charge in [-0.2, -0.15) is 0 Å². The Balaban J connectivity index is 1.95. The number of nitro groups is 1. The second-order valence-corrected chi connectivity index (χ2v) is 8.15. The molecule has 8 heteroatoms. The Labute approximate surface area is 180 Å². The van der Waals surface area contributed by atoms with E-state index in [9.17, 15) is 24.8 Å². The molecule has 2 N–H and O–H groups in total. The van der Waals surface area contributed by atoms with E-state index in [1.54, 1.807) is 30.3 Å². The van der Waals surface area contributed by atoms with Crippen LogP contribution in [-0.2, 0) is 4.79 Å². The summed E-state index contributed by atoms with van der Waals surface area (Å²) in [5, 5.41) is 24.0. The Morgan fingerprint density at radius 2 is 1.84 bits per heavy atom. The minimum Gasteiger partial charge on any atom is -0.496 e. The molecule has 1 saturated carbocycles. The highest BCUT2D eigenvalue weighted by atomic mass is 16.6. The molecule has 1 aliphatic carbocycles. The van der Waals surface area contributed by atoms with Gasteiger partial charge in [0.25, 0.3) is 11.6 Å². The van der Waals surface area contributed by atoms with Gasteiger partial charge >= 0.3 is 5.97 Å². The number of carbonyl (C=O) groups excluding carboxylic acids is 1. The van der Waals surface area contributed by atoms with Gasteiger partial charge in [-0.05, 0) is 36.0 Å². The molecule has 0 aromatic heterocycles. The molecule has 2 aromatic carbocycles. The molecule has 8 nitrogen and oxygen atoms in total. The number of hydrogen-bond acceptors (Lipinski definition) is 5. The largest absolute Gasteiger partial charge is 0.496 e. The molecule has 1 aliphatic rings. The third-order valence-corrected chi connectivity index (χ3v) is 6.07. The van der Waals surface area contributed by atoms with Crippen LogP contribution in [0.2, 0.25) is 0 Å². The fraction of sp³-hybridized carbons (Fsp3) is 0.391. The number of carbonyl (C=O) groups is 2. The van der Waals surface area contributed by atoms with Gasteiger partial charge in [-0.1, -0.05) is 50.5 Å². The van der Waals surface area contributed by atoms with E-state index in [-0.39, 0.29) is 11.3 Å². The molecule has 0 heterocycles. The maximum atomic E-state index is 12.9. The van der Waals surface area contributed by atoms with E-state index in [2.05, 4.69) is 5.32 Å². The minimum atomic E-state index is -1.13. The van der Waals surface area contributed by atoms with Crippen molar-refractivity contribution in [3.05, 3.63) is 58.1 Å². The summed E-state index contributed by atoms with van der Waals surface area (Å²) in [6, 6.07) is 10.2. The van der Waals surface area contributed by atoms with Crippen LogP contribution in [0.3, 0.4) is 0 Å². The third kappa shape index (κ3) is 4.68. The average molecular weight is 426 g/mol. The topological polar surface area (TPSA) is 119 Å². The van der Waals surface area contributed by atoms with Crippen molar-refractivity contribution in [2.45, 2.75) is 45.1 Å². The van der Waals surface area contributed by atoms with E-state index in [0.29, 0.717) is 29.7 Å². The van der Waals surface area contributed by atoms with E-state index < -0.39 is 28.3 Å². The van der Waals surface area contributed by atoms with Crippen molar-refractivity contribution in [2.24, 2.45) is 5.41 Å². The van der Waals surface area contributed by atoms with Gasteiger partial charge in [0.2, 0.25) is 0 Å². The Morgan fingerprint density at radius 3 is 2.45 bits per heavy atom. The lowest BCUT2D eigenvalue weighted by Gasteiger charge is -2.38. The van der Waals surface area contributed by atoms with Gasteiger partial charge in [-0.3, -0.25) is 14.9 Å². The molecule has 0 spiro atoms. The van der Waals surface area contributed by atoms with Crippen molar-refractivity contribution in [3.8, 4) is 16.9 Å². The van der Waals surface area contributed by atoms with Crippen LogP contribution in [0.15, 0.2) is 42.5 Å². The van der Waals surface area contributed by atoms with E-state index in [1.807, 2.05) is 6.92 Å². The van der Waals surface area contributed by atoms with Gasteiger partial charge < -0.3 is 15.2 Å². The number of nitrogens with zero attached hydrogens (tertiary/aromatic N) is 1. The van der Waals surface area contributed by atoms with Crippen molar-refractivity contribution in [2.75, 3.05) is 7.11 Å². The number of hydrogen-bond donors (Lipinski definition) is 2. The molecule has 0 radical (unpaired) electrons. The van der Waals surface area contributed by atoms with Crippen molar-refractivity contribution in [1.29, 1.82) is 0 Å². The molecule has 3 rings (SSSR count). The number of nitro benzene ring substituents is 1. The highest BCUT2D eigenvalue weighted by Gasteiger charge is 2.41. The summed E-state index contributed by atoms with van der Waals surface area (Å²) in [6.45, 7) is 1.85. The zero-order valence-electron chi connectivity index (χ0n) is 17.6. The molecule has 1 fully saturated rings. The fourth-order valence-electron chi connectivity index (χ4n) is 4.32. The Hall–Kier alpha value is -3.42. The SMILES string of the molecule is COc1ccccc1-c1ccc(C(=O)N[C@H](C(=O)O)C2(C)CCCCC2)c([N+](=O)[O-])c1. The van der Waals surface area contributed by atoms with Crippen LogP contribution in [0.25, 0.3) is 11.1 Å². The monoisotopic (exact) mass is 426 g/mol. The Morgan fingerprint density at radius 1 is 1.16 bits per heavy atom. The molecule has 1 amide bonds. The first-order valence-corrected chi connectivity index (χ1v) is 10.2. The third-order valence-electron chi connectivity index (χ3n) is 6.07. The Kier molecular flexibility index (Phi) is 6.58. The summed E-state index contributed by atoms with van der Waals surface area (Å²) in [6.07, 6.45) is 4.18. The number of nitrogens with one attached hydrogen (secondary N) is 1. The van der Waals surface area contributed by atoms with Crippen LogP contribution in [0, 0.1) is 15.5 Å². The first-order chi connectivity index (χ1) is 14.8. The summed E-state index contributed by atoms with van der Waals surface area (Å²) >= 11 is 0. The summed E-state index contributed by atoms with van der Waals surface area (Å²) < 4.78 is 5.32. The summed E-state index contributed by atoms with van der Waals surface area (Å²) in [4.78, 5) is 36.0. The maximum Gasteiger partial charge on any atom is 0.326 e. The lowest BCUT2D eigenvalue weighted by molar-refractivity contribution is -0.385. The van der Waals surface area contributed by atoms with Gasteiger partial charge in [0, 0.05) is 11.6 Å². The van der Waals surface area contributed by atoms with E-state index in [1.165, 1.54) is 19.2 Å². The number of carboxylic acids is 1. The summed E-state index contributed by atoms with van der Waals surface area (Å²) in [5.74, 6) is -1.35. The zero-order valence-corrected chi connectivity index (χ0v) is 17.6. The number of para-hydroxylation sites is 1. The molecule has 0 bridgehead atoms. The first kappa shape index (κ1) is 22.3. The first-order valence-electron chi connectivity index (χ1n) is 10.2.